The highest BCUT2D eigenvalue weighted by atomic mass is 15.4. The minimum absolute atomic E-state index is 0.0200. The normalized spacial score (nSPS) is 13.0. The number of anilines is 1. The van der Waals surface area contributed by atoms with E-state index in [9.17, 15) is 0 Å². The standard InChI is InChI=1S/C17H19N7/c1-10(2)15(16-21-12-6-4-5-7-13(12)22-16)23-14-8-11(3)20-17-18-9-19-24(14)17/h4-10,15,23H,1-3H3,(H,21,22)/t15-/m0/s1. The van der Waals surface area contributed by atoms with E-state index in [1.807, 2.05) is 37.3 Å². The zero-order valence-corrected chi connectivity index (χ0v) is 13.9. The number of para-hydroxylation sites is 2. The predicted molar refractivity (Wildman–Crippen MR) is 92.8 cm³/mol. The second kappa shape index (κ2) is 5.59. The molecule has 4 aromatic rings. The maximum Gasteiger partial charge on any atom is 0.254 e. The number of aryl methyl sites for hydroxylation is 1. The van der Waals surface area contributed by atoms with Crippen molar-refractivity contribution >= 4 is 22.6 Å². The molecule has 0 aliphatic heterocycles. The Morgan fingerprint density at radius 3 is 2.79 bits per heavy atom. The maximum atomic E-state index is 4.74. The number of hydrogen-bond acceptors (Lipinski definition) is 5. The van der Waals surface area contributed by atoms with E-state index in [1.54, 1.807) is 4.52 Å². The summed E-state index contributed by atoms with van der Waals surface area (Å²) in [6, 6.07) is 10.0. The molecule has 0 saturated carbocycles. The second-order valence-corrected chi connectivity index (χ2v) is 6.26. The molecule has 4 rings (SSSR count). The van der Waals surface area contributed by atoms with E-state index in [4.69, 9.17) is 4.98 Å². The minimum atomic E-state index is 0.0200. The fourth-order valence-electron chi connectivity index (χ4n) is 2.86. The third kappa shape index (κ3) is 2.47. The lowest BCUT2D eigenvalue weighted by Gasteiger charge is -2.21. The van der Waals surface area contributed by atoms with Crippen molar-refractivity contribution in [3.63, 3.8) is 0 Å². The van der Waals surface area contributed by atoms with Gasteiger partial charge in [0.25, 0.3) is 5.78 Å². The van der Waals surface area contributed by atoms with Gasteiger partial charge in [-0.15, -0.1) is 0 Å². The highest BCUT2D eigenvalue weighted by Gasteiger charge is 2.21. The second-order valence-electron chi connectivity index (χ2n) is 6.26. The average molecular weight is 321 g/mol. The average Bonchev–Trinajstić information content (AvgIpc) is 3.17. The molecule has 0 amide bonds. The third-order valence-electron chi connectivity index (χ3n) is 4.05. The number of fused-ring (bicyclic) bond motifs is 2. The quantitative estimate of drug-likeness (QED) is 0.603. The smallest absolute Gasteiger partial charge is 0.254 e. The summed E-state index contributed by atoms with van der Waals surface area (Å²) >= 11 is 0. The first kappa shape index (κ1) is 14.6. The largest absolute Gasteiger partial charge is 0.360 e. The first-order chi connectivity index (χ1) is 11.6. The summed E-state index contributed by atoms with van der Waals surface area (Å²) < 4.78 is 1.71. The van der Waals surface area contributed by atoms with Gasteiger partial charge in [-0.05, 0) is 25.0 Å². The van der Waals surface area contributed by atoms with Crippen LogP contribution in [0.5, 0.6) is 0 Å². The predicted octanol–water partition coefficient (Wildman–Crippen LogP) is 3.12. The zero-order chi connectivity index (χ0) is 16.7. The van der Waals surface area contributed by atoms with Crippen LogP contribution < -0.4 is 5.32 Å². The molecule has 0 aliphatic rings. The molecule has 24 heavy (non-hydrogen) atoms. The van der Waals surface area contributed by atoms with Crippen molar-refractivity contribution in [2.45, 2.75) is 26.8 Å². The van der Waals surface area contributed by atoms with Crippen LogP contribution in [0.1, 0.15) is 31.4 Å². The Balaban J connectivity index is 1.77. The molecular weight excluding hydrogens is 302 g/mol. The van der Waals surface area contributed by atoms with Gasteiger partial charge in [-0.2, -0.15) is 14.6 Å². The van der Waals surface area contributed by atoms with Gasteiger partial charge >= 0.3 is 0 Å². The van der Waals surface area contributed by atoms with Gasteiger partial charge < -0.3 is 10.3 Å². The topological polar surface area (TPSA) is 83.8 Å². The Bertz CT molecular complexity index is 965. The lowest BCUT2D eigenvalue weighted by Crippen LogP contribution is -2.20. The van der Waals surface area contributed by atoms with Crippen LogP contribution in [0, 0.1) is 12.8 Å². The van der Waals surface area contributed by atoms with E-state index in [-0.39, 0.29) is 6.04 Å². The molecule has 122 valence electrons. The molecule has 0 radical (unpaired) electrons. The van der Waals surface area contributed by atoms with Crippen molar-refractivity contribution in [3.8, 4) is 0 Å². The molecule has 7 heteroatoms. The van der Waals surface area contributed by atoms with Gasteiger partial charge in [0.2, 0.25) is 0 Å². The number of aromatic amines is 1. The highest BCUT2D eigenvalue weighted by Crippen LogP contribution is 2.26. The monoisotopic (exact) mass is 321 g/mol. The van der Waals surface area contributed by atoms with Crippen molar-refractivity contribution < 1.29 is 0 Å². The van der Waals surface area contributed by atoms with Crippen LogP contribution in [-0.2, 0) is 0 Å². The van der Waals surface area contributed by atoms with E-state index < -0.39 is 0 Å². The van der Waals surface area contributed by atoms with E-state index in [1.165, 1.54) is 6.33 Å². The molecule has 0 bridgehead atoms. The number of imidazole rings is 1. The molecule has 0 fully saturated rings. The molecule has 1 atom stereocenters. The molecule has 0 saturated heterocycles. The summed E-state index contributed by atoms with van der Waals surface area (Å²) in [6.07, 6.45) is 1.51. The lowest BCUT2D eigenvalue weighted by atomic mass is 10.0. The van der Waals surface area contributed by atoms with E-state index in [0.29, 0.717) is 11.7 Å². The van der Waals surface area contributed by atoms with Gasteiger partial charge in [0.05, 0.1) is 17.1 Å². The van der Waals surface area contributed by atoms with Crippen molar-refractivity contribution in [3.05, 3.63) is 48.2 Å². The molecule has 3 heterocycles. The van der Waals surface area contributed by atoms with E-state index >= 15 is 0 Å². The molecule has 1 aromatic carbocycles. The summed E-state index contributed by atoms with van der Waals surface area (Å²) in [5.74, 6) is 2.69. The number of aromatic nitrogens is 6. The van der Waals surface area contributed by atoms with Gasteiger partial charge in [0.15, 0.2) is 0 Å². The molecule has 0 unspecified atom stereocenters. The first-order valence-corrected chi connectivity index (χ1v) is 8.00. The van der Waals surface area contributed by atoms with Crippen LogP contribution in [-0.4, -0.2) is 29.5 Å². The minimum Gasteiger partial charge on any atom is -0.360 e. The number of rotatable bonds is 4. The fourth-order valence-corrected chi connectivity index (χ4v) is 2.86. The molecule has 0 spiro atoms. The van der Waals surface area contributed by atoms with Crippen LogP contribution in [0.2, 0.25) is 0 Å². The number of nitrogens with zero attached hydrogens (tertiary/aromatic N) is 5. The Morgan fingerprint density at radius 2 is 2.00 bits per heavy atom. The lowest BCUT2D eigenvalue weighted by molar-refractivity contribution is 0.523. The third-order valence-corrected chi connectivity index (χ3v) is 4.05. The molecular formula is C17H19N7. The summed E-state index contributed by atoms with van der Waals surface area (Å²) in [4.78, 5) is 16.7. The summed E-state index contributed by atoms with van der Waals surface area (Å²) in [5, 5.41) is 7.81. The van der Waals surface area contributed by atoms with Crippen LogP contribution in [0.3, 0.4) is 0 Å². The first-order valence-electron chi connectivity index (χ1n) is 8.00. The summed E-state index contributed by atoms with van der Waals surface area (Å²) in [5.41, 5.74) is 2.90. The van der Waals surface area contributed by atoms with Crippen molar-refractivity contribution in [1.29, 1.82) is 0 Å². The number of benzene rings is 1. The highest BCUT2D eigenvalue weighted by molar-refractivity contribution is 5.75. The van der Waals surface area contributed by atoms with E-state index in [0.717, 1.165) is 28.4 Å². The number of H-pyrrole nitrogens is 1. The molecule has 0 aliphatic carbocycles. The van der Waals surface area contributed by atoms with Gasteiger partial charge in [-0.25, -0.2) is 9.97 Å². The fraction of sp³-hybridized carbons (Fsp3) is 0.294. The molecule has 3 aromatic heterocycles. The van der Waals surface area contributed by atoms with Crippen molar-refractivity contribution in [2.75, 3.05) is 5.32 Å². The van der Waals surface area contributed by atoms with Crippen LogP contribution in [0.25, 0.3) is 16.8 Å². The SMILES string of the molecule is Cc1cc(N[C@H](c2nc3ccccc3[nH]2)C(C)C)n2ncnc2n1. The Morgan fingerprint density at radius 1 is 1.17 bits per heavy atom. The van der Waals surface area contributed by atoms with Gasteiger partial charge in [-0.3, -0.25) is 0 Å². The number of hydrogen-bond donors (Lipinski definition) is 2. The Kier molecular flexibility index (Phi) is 3.41. The zero-order valence-electron chi connectivity index (χ0n) is 13.9. The van der Waals surface area contributed by atoms with Crippen LogP contribution >= 0.6 is 0 Å². The Hall–Kier alpha value is -2.96. The van der Waals surface area contributed by atoms with Crippen molar-refractivity contribution in [1.82, 2.24) is 29.5 Å². The Labute approximate surface area is 139 Å². The van der Waals surface area contributed by atoms with E-state index in [2.05, 4.69) is 39.2 Å². The number of nitrogens with one attached hydrogen (secondary N) is 2. The summed E-state index contributed by atoms with van der Waals surface area (Å²) in [7, 11) is 0. The molecule has 7 nitrogen and oxygen atoms in total. The van der Waals surface area contributed by atoms with Gasteiger partial charge in [-0.1, -0.05) is 26.0 Å². The van der Waals surface area contributed by atoms with Gasteiger partial charge in [0.1, 0.15) is 18.0 Å². The van der Waals surface area contributed by atoms with Crippen LogP contribution in [0.15, 0.2) is 36.7 Å². The van der Waals surface area contributed by atoms with Crippen molar-refractivity contribution in [2.24, 2.45) is 5.92 Å². The summed E-state index contributed by atoms with van der Waals surface area (Å²) in [6.45, 7) is 6.28. The van der Waals surface area contributed by atoms with Crippen LogP contribution in [0.4, 0.5) is 5.82 Å². The van der Waals surface area contributed by atoms with Gasteiger partial charge in [0, 0.05) is 11.8 Å². The molecule has 2 N–H and O–H groups in total. The maximum absolute atomic E-state index is 4.74.